The summed E-state index contributed by atoms with van der Waals surface area (Å²) in [5.41, 5.74) is 2.99. The number of unbranched alkanes of at least 4 members (excludes halogenated alkanes) is 1. The van der Waals surface area contributed by atoms with E-state index in [0.29, 0.717) is 29.7 Å². The van der Waals surface area contributed by atoms with Crippen molar-refractivity contribution in [2.45, 2.75) is 57.9 Å². The van der Waals surface area contributed by atoms with Gasteiger partial charge in [-0.1, -0.05) is 32.6 Å². The van der Waals surface area contributed by atoms with Gasteiger partial charge in [-0.2, -0.15) is 0 Å². The average molecular weight is 593 g/mol. The Kier molecular flexibility index (Phi) is 8.71. The van der Waals surface area contributed by atoms with E-state index in [1.54, 1.807) is 37.4 Å². The van der Waals surface area contributed by atoms with E-state index in [1.165, 1.54) is 19.3 Å². The zero-order chi connectivity index (χ0) is 27.2. The molecule has 5 rings (SSSR count). The molecule has 2 aromatic carbocycles. The third kappa shape index (κ3) is 6.38. The molecule has 7 nitrogen and oxygen atoms in total. The number of fused-ring (bicyclic) bond motifs is 1. The lowest BCUT2D eigenvalue weighted by Crippen LogP contribution is -2.23. The van der Waals surface area contributed by atoms with E-state index in [4.69, 9.17) is 19.2 Å². The van der Waals surface area contributed by atoms with Crippen molar-refractivity contribution in [3.05, 3.63) is 70.8 Å². The molecule has 4 aromatic rings. The molecule has 39 heavy (non-hydrogen) atoms. The van der Waals surface area contributed by atoms with Crippen LogP contribution in [-0.4, -0.2) is 35.1 Å². The van der Waals surface area contributed by atoms with E-state index >= 15 is 0 Å². The number of methoxy groups -OCH3 is 1. The summed E-state index contributed by atoms with van der Waals surface area (Å²) in [6, 6.07) is 16.9. The van der Waals surface area contributed by atoms with Gasteiger partial charge in [0.05, 0.1) is 19.3 Å². The second kappa shape index (κ2) is 12.6. The van der Waals surface area contributed by atoms with Crippen molar-refractivity contribution in [3.8, 4) is 28.5 Å². The normalized spacial score (nSPS) is 13.8. The van der Waals surface area contributed by atoms with Gasteiger partial charge in [-0.05, 0) is 89.8 Å². The maximum absolute atomic E-state index is 12.9. The highest BCUT2D eigenvalue weighted by Crippen LogP contribution is 2.37. The first-order valence-corrected chi connectivity index (χ1v) is 14.4. The van der Waals surface area contributed by atoms with Gasteiger partial charge in [-0.25, -0.2) is 9.78 Å². The molecule has 1 aliphatic rings. The molecule has 0 saturated heterocycles. The number of nitrogens with zero attached hydrogens (tertiary/aromatic N) is 2. The van der Waals surface area contributed by atoms with E-state index in [9.17, 15) is 4.79 Å². The molecule has 2 aromatic heterocycles. The number of aromatic nitrogens is 2. The lowest BCUT2D eigenvalue weighted by atomic mass is 9.95. The molecule has 0 bridgehead atoms. The first-order chi connectivity index (χ1) is 19.1. The van der Waals surface area contributed by atoms with Crippen LogP contribution in [0.3, 0.4) is 0 Å². The van der Waals surface area contributed by atoms with Crippen molar-refractivity contribution in [1.29, 1.82) is 0 Å². The fraction of sp³-hybridized carbons (Fsp3) is 0.355. The Labute approximate surface area is 237 Å². The first kappa shape index (κ1) is 27.1. The van der Waals surface area contributed by atoms with E-state index < -0.39 is 5.97 Å². The fourth-order valence-corrected chi connectivity index (χ4v) is 5.21. The van der Waals surface area contributed by atoms with Crippen LogP contribution in [0.2, 0.25) is 0 Å². The van der Waals surface area contributed by atoms with Crippen LogP contribution in [0.5, 0.6) is 17.2 Å². The van der Waals surface area contributed by atoms with Crippen LogP contribution in [0.1, 0.15) is 62.2 Å². The zero-order valence-corrected chi connectivity index (χ0v) is 24.0. The minimum atomic E-state index is -0.460. The molecule has 0 unspecified atom stereocenters. The molecule has 0 aliphatic heterocycles. The molecular weight excluding hydrogens is 558 g/mol. The van der Waals surface area contributed by atoms with Gasteiger partial charge in [-0.15, -0.1) is 0 Å². The predicted molar refractivity (Wildman–Crippen MR) is 157 cm³/mol. The standard InChI is InChI=1S/C31H34BrN3O4/c1-3-4-18-38-25-14-10-21(11-15-25)31(36)39-26-16-12-22(19-27(26)37-2)29-30(33-24-8-6-5-7-9-24)35-20-23(32)13-17-28(35)34-29/h10-17,19-20,24,33H,3-9,18H2,1-2H3. The molecule has 0 atom stereocenters. The van der Waals surface area contributed by atoms with Gasteiger partial charge in [0.1, 0.15) is 22.9 Å². The van der Waals surface area contributed by atoms with Crippen molar-refractivity contribution in [2.24, 2.45) is 0 Å². The predicted octanol–water partition coefficient (Wildman–Crippen LogP) is 7.92. The summed E-state index contributed by atoms with van der Waals surface area (Å²) in [5, 5.41) is 3.77. The van der Waals surface area contributed by atoms with Crippen LogP contribution in [0, 0.1) is 0 Å². The Bertz CT molecular complexity index is 1430. The topological polar surface area (TPSA) is 74.1 Å². The second-order valence-electron chi connectivity index (χ2n) is 9.85. The van der Waals surface area contributed by atoms with Crippen molar-refractivity contribution >= 4 is 33.4 Å². The second-order valence-corrected chi connectivity index (χ2v) is 10.8. The van der Waals surface area contributed by atoms with Gasteiger partial charge >= 0.3 is 5.97 Å². The number of carbonyl (C=O) groups is 1. The number of hydrogen-bond acceptors (Lipinski definition) is 6. The highest BCUT2D eigenvalue weighted by molar-refractivity contribution is 9.10. The van der Waals surface area contributed by atoms with E-state index in [-0.39, 0.29) is 0 Å². The van der Waals surface area contributed by atoms with Crippen molar-refractivity contribution in [2.75, 3.05) is 19.0 Å². The maximum Gasteiger partial charge on any atom is 0.343 e. The number of halogens is 1. The summed E-state index contributed by atoms with van der Waals surface area (Å²) in [5.74, 6) is 2.04. The molecular formula is C31H34BrN3O4. The summed E-state index contributed by atoms with van der Waals surface area (Å²) in [4.78, 5) is 17.8. The SMILES string of the molecule is CCCCOc1ccc(C(=O)Oc2ccc(-c3nc4ccc(Br)cn4c3NC3CCCCC3)cc2OC)cc1. The third-order valence-electron chi connectivity index (χ3n) is 7.02. The average Bonchev–Trinajstić information content (AvgIpc) is 3.31. The number of hydrogen-bond donors (Lipinski definition) is 1. The van der Waals surface area contributed by atoms with Gasteiger partial charge in [0.2, 0.25) is 0 Å². The van der Waals surface area contributed by atoms with Gasteiger partial charge in [0, 0.05) is 22.3 Å². The maximum atomic E-state index is 12.9. The minimum absolute atomic E-state index is 0.350. The smallest absolute Gasteiger partial charge is 0.343 e. The summed E-state index contributed by atoms with van der Waals surface area (Å²) in [6.45, 7) is 2.78. The molecule has 0 radical (unpaired) electrons. The quantitative estimate of drug-likeness (QED) is 0.115. The van der Waals surface area contributed by atoms with Crippen LogP contribution < -0.4 is 19.5 Å². The Morgan fingerprint density at radius 3 is 2.59 bits per heavy atom. The third-order valence-corrected chi connectivity index (χ3v) is 7.49. The summed E-state index contributed by atoms with van der Waals surface area (Å²) < 4.78 is 20.1. The summed E-state index contributed by atoms with van der Waals surface area (Å²) >= 11 is 3.60. The molecule has 0 spiro atoms. The molecule has 1 aliphatic carbocycles. The highest BCUT2D eigenvalue weighted by Gasteiger charge is 2.21. The Balaban J connectivity index is 1.39. The molecule has 1 N–H and O–H groups in total. The molecule has 204 valence electrons. The first-order valence-electron chi connectivity index (χ1n) is 13.6. The van der Waals surface area contributed by atoms with Crippen molar-refractivity contribution in [1.82, 2.24) is 9.38 Å². The number of esters is 1. The van der Waals surface area contributed by atoms with Crippen LogP contribution in [-0.2, 0) is 0 Å². The summed E-state index contributed by atoms with van der Waals surface area (Å²) in [7, 11) is 1.57. The number of carbonyl (C=O) groups excluding carboxylic acids is 1. The van der Waals surface area contributed by atoms with E-state index in [2.05, 4.69) is 32.6 Å². The van der Waals surface area contributed by atoms with Crippen molar-refractivity contribution in [3.63, 3.8) is 0 Å². The number of nitrogens with one attached hydrogen (secondary N) is 1. The summed E-state index contributed by atoms with van der Waals surface area (Å²) in [6.07, 6.45) is 10.1. The minimum Gasteiger partial charge on any atom is -0.494 e. The lowest BCUT2D eigenvalue weighted by Gasteiger charge is -2.24. The number of rotatable bonds is 10. The number of pyridine rings is 1. The van der Waals surface area contributed by atoms with Crippen LogP contribution >= 0.6 is 15.9 Å². The zero-order valence-electron chi connectivity index (χ0n) is 22.4. The van der Waals surface area contributed by atoms with Gasteiger partial charge in [0.25, 0.3) is 0 Å². The van der Waals surface area contributed by atoms with Crippen molar-refractivity contribution < 1.29 is 19.0 Å². The Morgan fingerprint density at radius 1 is 1.05 bits per heavy atom. The molecule has 2 heterocycles. The molecule has 0 amide bonds. The van der Waals surface area contributed by atoms with Crippen LogP contribution in [0.15, 0.2) is 65.3 Å². The lowest BCUT2D eigenvalue weighted by molar-refractivity contribution is 0.0729. The Hall–Kier alpha value is -3.52. The number of anilines is 1. The number of ether oxygens (including phenoxy) is 3. The highest BCUT2D eigenvalue weighted by atomic mass is 79.9. The van der Waals surface area contributed by atoms with Gasteiger partial charge < -0.3 is 19.5 Å². The fourth-order valence-electron chi connectivity index (χ4n) is 4.88. The molecule has 1 saturated carbocycles. The Morgan fingerprint density at radius 2 is 1.85 bits per heavy atom. The largest absolute Gasteiger partial charge is 0.494 e. The molecule has 8 heteroatoms. The van der Waals surface area contributed by atoms with Crippen LogP contribution in [0.25, 0.3) is 16.9 Å². The van der Waals surface area contributed by atoms with Gasteiger partial charge in [-0.3, -0.25) is 4.40 Å². The number of benzene rings is 2. The van der Waals surface area contributed by atoms with Crippen LogP contribution in [0.4, 0.5) is 5.82 Å². The van der Waals surface area contributed by atoms with E-state index in [1.807, 2.05) is 30.5 Å². The molecule has 1 fully saturated rings. The van der Waals surface area contributed by atoms with E-state index in [0.717, 1.165) is 58.6 Å². The monoisotopic (exact) mass is 591 g/mol. The number of imidazole rings is 1. The van der Waals surface area contributed by atoms with Gasteiger partial charge in [0.15, 0.2) is 11.5 Å².